The summed E-state index contributed by atoms with van der Waals surface area (Å²) >= 11 is 0. The van der Waals surface area contributed by atoms with Gasteiger partial charge >= 0.3 is 5.97 Å². The van der Waals surface area contributed by atoms with E-state index in [0.717, 1.165) is 55.6 Å². The Labute approximate surface area is 283 Å². The summed E-state index contributed by atoms with van der Waals surface area (Å²) in [5.41, 5.74) is 4.68. The monoisotopic (exact) mass is 644 g/mol. The van der Waals surface area contributed by atoms with Gasteiger partial charge in [0.2, 0.25) is 0 Å². The quantitative estimate of drug-likeness (QED) is 0.0657. The highest BCUT2D eigenvalue weighted by atomic mass is 19.1. The third kappa shape index (κ3) is 12.4. The number of aryl methyl sites for hydroxylation is 1. The molecule has 0 bridgehead atoms. The van der Waals surface area contributed by atoms with Crippen LogP contribution in [-0.4, -0.2) is 18.7 Å². The second kappa shape index (κ2) is 20.2. The van der Waals surface area contributed by atoms with Gasteiger partial charge in [0, 0.05) is 5.56 Å². The molecule has 0 saturated carbocycles. The van der Waals surface area contributed by atoms with E-state index in [1.54, 1.807) is 24.3 Å². The van der Waals surface area contributed by atoms with E-state index in [2.05, 4.69) is 32.9 Å². The number of halogens is 1. The maximum atomic E-state index is 14.9. The summed E-state index contributed by atoms with van der Waals surface area (Å²) in [5.74, 6) is 0.796. The van der Waals surface area contributed by atoms with Crippen molar-refractivity contribution in [1.82, 2.24) is 0 Å². The van der Waals surface area contributed by atoms with Crippen molar-refractivity contribution in [3.05, 3.63) is 83.2 Å². The summed E-state index contributed by atoms with van der Waals surface area (Å²) in [7, 11) is 0. The van der Waals surface area contributed by atoms with Crippen molar-refractivity contribution in [3.8, 4) is 22.6 Å². The summed E-state index contributed by atoms with van der Waals surface area (Å²) in [5, 5.41) is 0. The van der Waals surface area contributed by atoms with Crippen LogP contribution in [0, 0.1) is 11.7 Å². The van der Waals surface area contributed by atoms with Gasteiger partial charge in [0.15, 0.2) is 0 Å². The highest BCUT2D eigenvalue weighted by Crippen LogP contribution is 2.31. The Kier molecular flexibility index (Phi) is 15.8. The van der Waals surface area contributed by atoms with Crippen LogP contribution in [0.1, 0.15) is 127 Å². The van der Waals surface area contributed by atoms with E-state index in [0.29, 0.717) is 17.7 Å². The summed E-state index contributed by atoms with van der Waals surface area (Å²) in [6.45, 7) is 7.55. The second-order valence-electron chi connectivity index (χ2n) is 13.4. The molecule has 0 amide bonds. The lowest BCUT2D eigenvalue weighted by Gasteiger charge is -2.23. The molecule has 0 aliphatic heterocycles. The standard InChI is InChI=1S/C42H57FO4/c1-4-6-8-10-11-12-13-15-27-45-40-26-23-34-28-37(19-17-35(34)29-40)42(44)47-39-24-21-33(22-25-39)36-18-20-38(41(43)30-36)31-46-32(3)16-14-9-7-5-2/h18,20-26,29-30,32,37H,4-17,19,27-28,31H2,1-3H3/t32-,37?/m1/s1. The van der Waals surface area contributed by atoms with Gasteiger partial charge < -0.3 is 14.2 Å². The summed E-state index contributed by atoms with van der Waals surface area (Å²) in [6.07, 6.45) is 18.5. The van der Waals surface area contributed by atoms with Crippen molar-refractivity contribution >= 4 is 5.97 Å². The van der Waals surface area contributed by atoms with Crippen LogP contribution < -0.4 is 9.47 Å². The van der Waals surface area contributed by atoms with E-state index in [1.165, 1.54) is 75.3 Å². The maximum absolute atomic E-state index is 14.9. The first-order valence-electron chi connectivity index (χ1n) is 18.4. The van der Waals surface area contributed by atoms with E-state index in [-0.39, 0.29) is 30.4 Å². The molecule has 0 saturated heterocycles. The molecule has 0 radical (unpaired) electrons. The smallest absolute Gasteiger partial charge is 0.314 e. The predicted molar refractivity (Wildman–Crippen MR) is 191 cm³/mol. The lowest BCUT2D eigenvalue weighted by atomic mass is 9.84. The first-order chi connectivity index (χ1) is 23.0. The topological polar surface area (TPSA) is 44.8 Å². The van der Waals surface area contributed by atoms with Gasteiger partial charge in [-0.25, -0.2) is 4.39 Å². The number of hydrogen-bond acceptors (Lipinski definition) is 4. The SMILES string of the molecule is CCCCCCCCCCOc1ccc2c(c1)CCC(C(=O)Oc1ccc(-c3ccc(CO[C@H](C)CCCCCC)c(F)c3)cc1)C2. The molecule has 3 aromatic rings. The van der Waals surface area contributed by atoms with Gasteiger partial charge in [-0.3, -0.25) is 4.79 Å². The Morgan fingerprint density at radius 1 is 0.766 bits per heavy atom. The summed E-state index contributed by atoms with van der Waals surface area (Å²) in [4.78, 5) is 13.1. The highest BCUT2D eigenvalue weighted by molar-refractivity contribution is 5.76. The molecule has 1 unspecified atom stereocenters. The van der Waals surface area contributed by atoms with Gasteiger partial charge in [0.05, 0.1) is 25.2 Å². The molecule has 0 heterocycles. The third-order valence-corrected chi connectivity index (χ3v) is 9.45. The van der Waals surface area contributed by atoms with Crippen LogP contribution in [-0.2, 0) is 29.0 Å². The van der Waals surface area contributed by atoms with E-state index < -0.39 is 0 Å². The van der Waals surface area contributed by atoms with Crippen molar-refractivity contribution in [2.24, 2.45) is 5.92 Å². The molecule has 0 fully saturated rings. The van der Waals surface area contributed by atoms with Gasteiger partial charge in [-0.15, -0.1) is 0 Å². The van der Waals surface area contributed by atoms with Gasteiger partial charge in [0.25, 0.3) is 0 Å². The predicted octanol–water partition coefficient (Wildman–Crippen LogP) is 11.6. The Bertz CT molecular complexity index is 1350. The highest BCUT2D eigenvalue weighted by Gasteiger charge is 2.26. The van der Waals surface area contributed by atoms with Gasteiger partial charge in [-0.1, -0.05) is 115 Å². The fourth-order valence-electron chi connectivity index (χ4n) is 6.38. The molecule has 2 atom stereocenters. The van der Waals surface area contributed by atoms with Gasteiger partial charge in [0.1, 0.15) is 17.3 Å². The van der Waals surface area contributed by atoms with E-state index >= 15 is 0 Å². The van der Waals surface area contributed by atoms with Crippen molar-refractivity contribution < 1.29 is 23.4 Å². The van der Waals surface area contributed by atoms with Crippen LogP contribution in [0.15, 0.2) is 60.7 Å². The Morgan fingerprint density at radius 3 is 2.15 bits per heavy atom. The zero-order chi connectivity index (χ0) is 33.3. The Balaban J connectivity index is 1.19. The van der Waals surface area contributed by atoms with E-state index in [1.807, 2.05) is 24.3 Å². The van der Waals surface area contributed by atoms with Gasteiger partial charge in [-0.2, -0.15) is 0 Å². The molecule has 4 rings (SSSR count). The Hall–Kier alpha value is -3.18. The van der Waals surface area contributed by atoms with Crippen LogP contribution >= 0.6 is 0 Å². The zero-order valence-corrected chi connectivity index (χ0v) is 29.2. The third-order valence-electron chi connectivity index (χ3n) is 9.45. The number of benzene rings is 3. The van der Waals surface area contributed by atoms with Crippen molar-refractivity contribution in [2.75, 3.05) is 6.61 Å². The van der Waals surface area contributed by atoms with Crippen LogP contribution in [0.3, 0.4) is 0 Å². The summed E-state index contributed by atoms with van der Waals surface area (Å²) < 4.78 is 32.6. The Morgan fingerprint density at radius 2 is 1.43 bits per heavy atom. The first kappa shape index (κ1) is 36.7. The molecule has 0 aromatic heterocycles. The average Bonchev–Trinajstić information content (AvgIpc) is 3.09. The molecule has 1 aliphatic rings. The summed E-state index contributed by atoms with van der Waals surface area (Å²) in [6, 6.07) is 18.9. The largest absolute Gasteiger partial charge is 0.494 e. The van der Waals surface area contributed by atoms with Crippen molar-refractivity contribution in [1.29, 1.82) is 0 Å². The number of rotatable bonds is 21. The van der Waals surface area contributed by atoms with E-state index in [4.69, 9.17) is 14.2 Å². The molecular weight excluding hydrogens is 587 g/mol. The molecule has 1 aliphatic carbocycles. The number of unbranched alkanes of at least 4 members (excludes halogenated alkanes) is 10. The minimum absolute atomic E-state index is 0.117. The number of carbonyl (C=O) groups is 1. The molecule has 0 N–H and O–H groups in total. The number of carbonyl (C=O) groups excluding carboxylic acids is 1. The van der Waals surface area contributed by atoms with Crippen molar-refractivity contribution in [2.45, 2.75) is 136 Å². The average molecular weight is 645 g/mol. The molecule has 4 nitrogen and oxygen atoms in total. The molecule has 256 valence electrons. The van der Waals surface area contributed by atoms with Crippen LogP contribution in [0.4, 0.5) is 4.39 Å². The van der Waals surface area contributed by atoms with Crippen LogP contribution in [0.2, 0.25) is 0 Å². The van der Waals surface area contributed by atoms with Crippen LogP contribution in [0.5, 0.6) is 11.5 Å². The number of esters is 1. The minimum atomic E-state index is -0.268. The fraction of sp³-hybridized carbons (Fsp3) is 0.548. The first-order valence-corrected chi connectivity index (χ1v) is 18.4. The molecule has 47 heavy (non-hydrogen) atoms. The molecule has 5 heteroatoms. The second-order valence-corrected chi connectivity index (χ2v) is 13.4. The fourth-order valence-corrected chi connectivity index (χ4v) is 6.38. The lowest BCUT2D eigenvalue weighted by molar-refractivity contribution is -0.139. The number of hydrogen-bond donors (Lipinski definition) is 0. The minimum Gasteiger partial charge on any atom is -0.494 e. The number of ether oxygens (including phenoxy) is 3. The number of fused-ring (bicyclic) bond motifs is 1. The lowest BCUT2D eigenvalue weighted by Crippen LogP contribution is -2.26. The zero-order valence-electron chi connectivity index (χ0n) is 29.2. The van der Waals surface area contributed by atoms with Crippen molar-refractivity contribution in [3.63, 3.8) is 0 Å². The molecule has 0 spiro atoms. The maximum Gasteiger partial charge on any atom is 0.314 e. The van der Waals surface area contributed by atoms with E-state index in [9.17, 15) is 9.18 Å². The normalized spacial score (nSPS) is 14.9. The molecule has 3 aromatic carbocycles. The molecular formula is C42H57FO4. The van der Waals surface area contributed by atoms with Crippen LogP contribution in [0.25, 0.3) is 11.1 Å². The van der Waals surface area contributed by atoms with Gasteiger partial charge in [-0.05, 0) is 91.6 Å².